The zero-order valence-electron chi connectivity index (χ0n) is 9.10. The summed E-state index contributed by atoms with van der Waals surface area (Å²) in [4.78, 5) is 23.9. The molecule has 1 saturated heterocycles. The van der Waals surface area contributed by atoms with Gasteiger partial charge in [0.2, 0.25) is 5.91 Å². The van der Waals surface area contributed by atoms with Crippen molar-refractivity contribution in [3.63, 3.8) is 0 Å². The van der Waals surface area contributed by atoms with E-state index in [1.165, 1.54) is 4.90 Å². The fraction of sp³-hybridized carbons (Fsp3) is 0.800. The third-order valence-corrected chi connectivity index (χ3v) is 2.62. The molecule has 0 saturated carbocycles. The van der Waals surface area contributed by atoms with Crippen LogP contribution in [0.5, 0.6) is 0 Å². The van der Waals surface area contributed by atoms with Gasteiger partial charge in [-0.1, -0.05) is 6.92 Å². The van der Waals surface area contributed by atoms with E-state index < -0.39 is 11.9 Å². The molecule has 1 rings (SSSR count). The van der Waals surface area contributed by atoms with Crippen LogP contribution in [0.2, 0.25) is 0 Å². The summed E-state index contributed by atoms with van der Waals surface area (Å²) in [7, 11) is 1.64. The summed E-state index contributed by atoms with van der Waals surface area (Å²) in [5, 5.41) is 8.72. The summed E-state index contributed by atoms with van der Waals surface area (Å²) in [6.07, 6.45) is 0.741. The highest BCUT2D eigenvalue weighted by molar-refractivity contribution is 5.79. The summed E-state index contributed by atoms with van der Waals surface area (Å²) in [6.45, 7) is 2.94. The van der Waals surface area contributed by atoms with Gasteiger partial charge in [0.1, 0.15) is 0 Å². The van der Waals surface area contributed by atoms with Crippen LogP contribution in [0.4, 0.5) is 0 Å². The second kappa shape index (κ2) is 5.11. The molecule has 2 unspecified atom stereocenters. The predicted octanol–water partition coefficient (Wildman–Crippen LogP) is 0.202. The van der Waals surface area contributed by atoms with Gasteiger partial charge in [0.15, 0.2) is 0 Å². The highest BCUT2D eigenvalue weighted by Gasteiger charge is 2.27. The van der Waals surface area contributed by atoms with Crippen molar-refractivity contribution in [1.82, 2.24) is 4.90 Å². The smallest absolute Gasteiger partial charge is 0.308 e. The quantitative estimate of drug-likeness (QED) is 0.727. The summed E-state index contributed by atoms with van der Waals surface area (Å²) >= 11 is 0. The molecule has 86 valence electrons. The maximum Gasteiger partial charge on any atom is 0.308 e. The van der Waals surface area contributed by atoms with Crippen molar-refractivity contribution >= 4 is 11.9 Å². The fourth-order valence-corrected chi connectivity index (χ4v) is 1.62. The van der Waals surface area contributed by atoms with Crippen LogP contribution in [-0.4, -0.2) is 48.7 Å². The third-order valence-electron chi connectivity index (χ3n) is 2.62. The minimum atomic E-state index is -0.877. The Labute approximate surface area is 89.0 Å². The van der Waals surface area contributed by atoms with Crippen molar-refractivity contribution in [2.24, 2.45) is 11.8 Å². The normalized spacial score (nSPS) is 22.4. The summed E-state index contributed by atoms with van der Waals surface area (Å²) in [5.41, 5.74) is 0. The van der Waals surface area contributed by atoms with Gasteiger partial charge in [0, 0.05) is 20.2 Å². The molecule has 1 aliphatic heterocycles. The zero-order valence-corrected chi connectivity index (χ0v) is 9.10. The second-order valence-corrected chi connectivity index (χ2v) is 4.02. The molecular weight excluding hydrogens is 198 g/mol. The number of ether oxygens (including phenoxy) is 1. The van der Waals surface area contributed by atoms with E-state index in [2.05, 4.69) is 0 Å². The highest BCUT2D eigenvalue weighted by Crippen LogP contribution is 2.15. The van der Waals surface area contributed by atoms with Crippen molar-refractivity contribution in [3.8, 4) is 0 Å². The van der Waals surface area contributed by atoms with Crippen LogP contribution in [0.15, 0.2) is 0 Å². The Morgan fingerprint density at radius 3 is 2.73 bits per heavy atom. The molecule has 1 heterocycles. The van der Waals surface area contributed by atoms with Crippen LogP contribution in [0, 0.1) is 11.8 Å². The van der Waals surface area contributed by atoms with E-state index in [1.807, 2.05) is 0 Å². The first-order chi connectivity index (χ1) is 7.02. The molecule has 0 bridgehead atoms. The first-order valence-electron chi connectivity index (χ1n) is 5.08. The summed E-state index contributed by atoms with van der Waals surface area (Å²) in [5.74, 6) is -1.50. The van der Waals surface area contributed by atoms with Crippen LogP contribution in [0.25, 0.3) is 0 Å². The molecule has 0 aromatic carbocycles. The van der Waals surface area contributed by atoms with Crippen LogP contribution in [0.1, 0.15) is 13.3 Å². The Hall–Kier alpha value is -1.10. The molecule has 1 N–H and O–H groups in total. The number of carbonyl (C=O) groups is 2. The molecular formula is C10H17NO4. The Morgan fingerprint density at radius 2 is 2.27 bits per heavy atom. The number of carboxylic acid groups (broad SMARTS) is 1. The fourth-order valence-electron chi connectivity index (χ4n) is 1.62. The number of rotatable bonds is 4. The molecule has 1 aliphatic rings. The maximum absolute atomic E-state index is 11.8. The summed E-state index contributed by atoms with van der Waals surface area (Å²) < 4.78 is 5.12. The number of amides is 1. The second-order valence-electron chi connectivity index (χ2n) is 4.02. The highest BCUT2D eigenvalue weighted by atomic mass is 16.5. The number of nitrogens with zero attached hydrogens (tertiary/aromatic N) is 1. The first-order valence-corrected chi connectivity index (χ1v) is 5.08. The van der Waals surface area contributed by atoms with E-state index >= 15 is 0 Å². The number of hydrogen-bond donors (Lipinski definition) is 1. The lowest BCUT2D eigenvalue weighted by Gasteiger charge is -2.22. The molecule has 0 spiro atoms. The van der Waals surface area contributed by atoms with Gasteiger partial charge in [0.25, 0.3) is 0 Å². The Morgan fingerprint density at radius 1 is 1.60 bits per heavy atom. The van der Waals surface area contributed by atoms with Gasteiger partial charge in [0.05, 0.1) is 18.4 Å². The van der Waals surface area contributed by atoms with Gasteiger partial charge in [-0.15, -0.1) is 0 Å². The van der Waals surface area contributed by atoms with Crippen LogP contribution in [-0.2, 0) is 14.3 Å². The lowest BCUT2D eigenvalue weighted by atomic mass is 10.1. The van der Waals surface area contributed by atoms with Gasteiger partial charge in [-0.25, -0.2) is 0 Å². The van der Waals surface area contributed by atoms with Gasteiger partial charge < -0.3 is 14.7 Å². The van der Waals surface area contributed by atoms with E-state index in [0.29, 0.717) is 13.2 Å². The molecule has 1 fully saturated rings. The van der Waals surface area contributed by atoms with E-state index in [1.54, 1.807) is 14.0 Å². The Balaban J connectivity index is 2.41. The molecule has 5 nitrogen and oxygen atoms in total. The number of hydrogen-bond acceptors (Lipinski definition) is 3. The zero-order chi connectivity index (χ0) is 11.4. The van der Waals surface area contributed by atoms with E-state index in [0.717, 1.165) is 6.42 Å². The number of aliphatic carboxylic acids is 1. The minimum Gasteiger partial charge on any atom is -0.481 e. The minimum absolute atomic E-state index is 0.0133. The molecule has 1 amide bonds. The van der Waals surface area contributed by atoms with Gasteiger partial charge >= 0.3 is 5.97 Å². The monoisotopic (exact) mass is 215 g/mol. The first kappa shape index (κ1) is 12.0. The predicted molar refractivity (Wildman–Crippen MR) is 53.4 cm³/mol. The van der Waals surface area contributed by atoms with E-state index in [-0.39, 0.29) is 18.4 Å². The van der Waals surface area contributed by atoms with Crippen molar-refractivity contribution in [2.45, 2.75) is 13.3 Å². The molecule has 15 heavy (non-hydrogen) atoms. The Kier molecular flexibility index (Phi) is 4.08. The third kappa shape index (κ3) is 3.20. The molecule has 0 aromatic heterocycles. The Bertz CT molecular complexity index is 248. The standard InChI is InChI=1S/C10H17NO4/c1-7(10(13)14)5-11(2)9(12)8-3-4-15-6-8/h7-8H,3-6H2,1-2H3,(H,13,14). The van der Waals surface area contributed by atoms with Crippen molar-refractivity contribution in [2.75, 3.05) is 26.8 Å². The lowest BCUT2D eigenvalue weighted by molar-refractivity contribution is -0.143. The van der Waals surface area contributed by atoms with Gasteiger partial charge in [-0.3, -0.25) is 9.59 Å². The topological polar surface area (TPSA) is 66.8 Å². The molecule has 0 aromatic rings. The SMILES string of the molecule is CC(CN(C)C(=O)C1CCOC1)C(=O)O. The number of carbonyl (C=O) groups excluding carboxylic acids is 1. The molecule has 0 aliphatic carbocycles. The average Bonchev–Trinajstić information content (AvgIpc) is 2.68. The molecule has 2 atom stereocenters. The van der Waals surface area contributed by atoms with Crippen molar-refractivity contribution < 1.29 is 19.4 Å². The molecule has 0 radical (unpaired) electrons. The van der Waals surface area contributed by atoms with Crippen LogP contribution in [0.3, 0.4) is 0 Å². The van der Waals surface area contributed by atoms with E-state index in [9.17, 15) is 9.59 Å². The summed E-state index contributed by atoms with van der Waals surface area (Å²) in [6, 6.07) is 0. The lowest BCUT2D eigenvalue weighted by Crippen LogP contribution is -2.37. The number of carboxylic acids is 1. The molecule has 5 heteroatoms. The van der Waals surface area contributed by atoms with E-state index in [4.69, 9.17) is 9.84 Å². The van der Waals surface area contributed by atoms with Crippen molar-refractivity contribution in [3.05, 3.63) is 0 Å². The van der Waals surface area contributed by atoms with Gasteiger partial charge in [-0.2, -0.15) is 0 Å². The van der Waals surface area contributed by atoms with Crippen LogP contribution >= 0.6 is 0 Å². The maximum atomic E-state index is 11.8. The van der Waals surface area contributed by atoms with Gasteiger partial charge in [-0.05, 0) is 6.42 Å². The average molecular weight is 215 g/mol. The largest absolute Gasteiger partial charge is 0.481 e. The van der Waals surface area contributed by atoms with Crippen LogP contribution < -0.4 is 0 Å². The van der Waals surface area contributed by atoms with Crippen molar-refractivity contribution in [1.29, 1.82) is 0 Å².